The summed E-state index contributed by atoms with van der Waals surface area (Å²) in [6, 6.07) is 7.68. The first kappa shape index (κ1) is 25.7. The molecule has 0 atom stereocenters. The summed E-state index contributed by atoms with van der Waals surface area (Å²) in [5.41, 5.74) is 2.92. The van der Waals surface area contributed by atoms with Crippen LogP contribution in [0.5, 0.6) is 0 Å². The Morgan fingerprint density at radius 1 is 0.788 bits per heavy atom. The lowest BCUT2D eigenvalue weighted by molar-refractivity contribution is 0.219. The maximum Gasteiger partial charge on any atom is 0.381 e. The van der Waals surface area contributed by atoms with Crippen molar-refractivity contribution >= 4 is 31.8 Å². The summed E-state index contributed by atoms with van der Waals surface area (Å²) in [4.78, 5) is 12.9. The molecule has 0 unspecified atom stereocenters. The maximum absolute atomic E-state index is 13.2. The van der Waals surface area contributed by atoms with Crippen LogP contribution in [0.4, 0.5) is 0 Å². The maximum atomic E-state index is 13.2. The topological polar surface area (TPSA) is 115 Å². The highest BCUT2D eigenvalue weighted by molar-refractivity contribution is 7.62. The minimum Gasteiger partial charge on any atom is -0.311 e. The van der Waals surface area contributed by atoms with Crippen molar-refractivity contribution in [3.63, 3.8) is 0 Å². The van der Waals surface area contributed by atoms with Gasteiger partial charge in [0.25, 0.3) is 0 Å². The van der Waals surface area contributed by atoms with Crippen LogP contribution in [0.2, 0.25) is 0 Å². The molecule has 0 aliphatic carbocycles. The van der Waals surface area contributed by atoms with Gasteiger partial charge in [-0.2, -0.15) is 0 Å². The van der Waals surface area contributed by atoms with Crippen LogP contribution in [0.1, 0.15) is 38.8 Å². The molecule has 0 aliphatic heterocycles. The summed E-state index contributed by atoms with van der Waals surface area (Å²) in [7, 11) is -6.76. The van der Waals surface area contributed by atoms with E-state index >= 15 is 0 Å². The largest absolute Gasteiger partial charge is 0.381 e. The van der Waals surface area contributed by atoms with Crippen molar-refractivity contribution in [3.05, 3.63) is 48.0 Å². The van der Waals surface area contributed by atoms with E-state index in [4.69, 9.17) is 18.1 Å². The number of rotatable bonds is 13. The van der Waals surface area contributed by atoms with Gasteiger partial charge in [-0.3, -0.25) is 9.13 Å². The number of hydrogen-bond acceptors (Lipinski definition) is 9. The van der Waals surface area contributed by atoms with Crippen LogP contribution in [0.3, 0.4) is 0 Å². The monoisotopic (exact) mass is 496 g/mol. The number of fused-ring (bicyclic) bond motifs is 1. The van der Waals surface area contributed by atoms with E-state index in [1.807, 2.05) is 28.8 Å². The van der Waals surface area contributed by atoms with Gasteiger partial charge in [0.1, 0.15) is 11.8 Å². The van der Waals surface area contributed by atoms with Crippen LogP contribution in [0.25, 0.3) is 11.2 Å². The lowest BCUT2D eigenvalue weighted by atomic mass is 10.1. The van der Waals surface area contributed by atoms with E-state index in [-0.39, 0.29) is 24.8 Å². The summed E-state index contributed by atoms with van der Waals surface area (Å²) in [5.74, 6) is 0. The minimum absolute atomic E-state index is 0.160. The Kier molecular flexibility index (Phi) is 8.93. The second-order valence-corrected chi connectivity index (χ2v) is 11.0. The van der Waals surface area contributed by atoms with Crippen molar-refractivity contribution in [3.8, 4) is 0 Å². The number of nitrogens with zero attached hydrogens (tertiary/aromatic N) is 4. The highest BCUT2D eigenvalue weighted by Crippen LogP contribution is 2.51. The summed E-state index contributed by atoms with van der Waals surface area (Å²) < 4.78 is 49.4. The van der Waals surface area contributed by atoms with Crippen molar-refractivity contribution in [1.29, 1.82) is 0 Å². The normalized spacial score (nSPS) is 12.5. The molecule has 0 radical (unpaired) electrons. The average molecular weight is 496 g/mol. The molecule has 2 heterocycles. The predicted octanol–water partition coefficient (Wildman–Crippen LogP) is 4.53. The fourth-order valence-electron chi connectivity index (χ4n) is 3.38. The Labute approximate surface area is 193 Å². The lowest BCUT2D eigenvalue weighted by Gasteiger charge is -2.17. The summed E-state index contributed by atoms with van der Waals surface area (Å²) in [6.07, 6.45) is 3.17. The molecule has 0 amide bonds. The quantitative estimate of drug-likeness (QED) is 0.315. The molecule has 0 spiro atoms. The van der Waals surface area contributed by atoms with Crippen molar-refractivity contribution in [1.82, 2.24) is 19.5 Å². The molecule has 3 aromatic rings. The molecule has 2 aromatic heterocycles. The van der Waals surface area contributed by atoms with Gasteiger partial charge < -0.3 is 22.7 Å². The zero-order valence-corrected chi connectivity index (χ0v) is 21.1. The molecule has 3 rings (SSSR count). The minimum atomic E-state index is -3.60. The first-order valence-electron chi connectivity index (χ1n) is 10.9. The van der Waals surface area contributed by atoms with Gasteiger partial charge in [0.05, 0.1) is 45.5 Å². The van der Waals surface area contributed by atoms with Gasteiger partial charge in [-0.25, -0.2) is 15.0 Å². The summed E-state index contributed by atoms with van der Waals surface area (Å²) >= 11 is 0. The van der Waals surface area contributed by atoms with Gasteiger partial charge >= 0.3 is 15.2 Å². The molecule has 0 fully saturated rings. The standard InChI is InChI=1S/C21H30N4O6P2/c1-5-28-32(26,29-6-2)14-18-11-9-17(10-12-18)13-25-16-24-19-20(25)22-15-23-21(19)33(27,30-7-3)31-8-4/h9-12,15-16H,5-8,13-14H2,1-4H3. The average Bonchev–Trinajstić information content (AvgIpc) is 3.18. The van der Waals surface area contributed by atoms with Crippen molar-refractivity contribution in [2.24, 2.45) is 0 Å². The molecule has 1 aromatic carbocycles. The molecule has 0 N–H and O–H groups in total. The van der Waals surface area contributed by atoms with E-state index in [0.29, 0.717) is 30.9 Å². The zero-order chi connectivity index (χ0) is 23.9. The first-order chi connectivity index (χ1) is 15.9. The van der Waals surface area contributed by atoms with Gasteiger partial charge in [0, 0.05) is 0 Å². The Hall–Kier alpha value is -1.93. The third kappa shape index (κ3) is 6.15. The molecule has 0 bridgehead atoms. The van der Waals surface area contributed by atoms with E-state index in [1.54, 1.807) is 34.0 Å². The van der Waals surface area contributed by atoms with Crippen LogP contribution in [0, 0.1) is 0 Å². The van der Waals surface area contributed by atoms with Gasteiger partial charge in [-0.15, -0.1) is 0 Å². The van der Waals surface area contributed by atoms with E-state index in [2.05, 4.69) is 15.0 Å². The SMILES string of the molecule is CCOP(=O)(Cc1ccc(Cn2cnc3c(P(=O)(OCC)OCC)ncnc32)cc1)OCC. The Balaban J connectivity index is 1.83. The van der Waals surface area contributed by atoms with Crippen LogP contribution in [-0.2, 0) is 39.9 Å². The smallest absolute Gasteiger partial charge is 0.311 e. The molecular weight excluding hydrogens is 466 g/mol. The van der Waals surface area contributed by atoms with Crippen molar-refractivity contribution in [2.45, 2.75) is 40.4 Å². The van der Waals surface area contributed by atoms with Crippen LogP contribution in [-0.4, -0.2) is 45.9 Å². The molecular formula is C21H30N4O6P2. The second kappa shape index (κ2) is 11.5. The third-order valence-electron chi connectivity index (χ3n) is 4.64. The fourth-order valence-corrected chi connectivity index (χ4v) is 6.69. The molecule has 0 aliphatic rings. The third-order valence-corrected chi connectivity index (χ3v) is 8.74. The van der Waals surface area contributed by atoms with Gasteiger partial charge in [0.2, 0.25) is 0 Å². The molecule has 10 nitrogen and oxygen atoms in total. The first-order valence-corrected chi connectivity index (χ1v) is 14.2. The Morgan fingerprint density at radius 2 is 1.36 bits per heavy atom. The van der Waals surface area contributed by atoms with Gasteiger partial charge in [-0.05, 0) is 38.8 Å². The number of imidazole rings is 1. The molecule has 0 saturated heterocycles. The highest BCUT2D eigenvalue weighted by Gasteiger charge is 2.32. The van der Waals surface area contributed by atoms with E-state index in [9.17, 15) is 9.13 Å². The van der Waals surface area contributed by atoms with Gasteiger partial charge in [0.15, 0.2) is 11.1 Å². The number of hydrogen-bond donors (Lipinski definition) is 0. The Bertz CT molecular complexity index is 1130. The second-order valence-electron chi connectivity index (χ2n) is 7.00. The Morgan fingerprint density at radius 3 is 1.94 bits per heavy atom. The zero-order valence-electron chi connectivity index (χ0n) is 19.3. The highest BCUT2D eigenvalue weighted by atomic mass is 31.2. The van der Waals surface area contributed by atoms with E-state index in [0.717, 1.165) is 11.1 Å². The molecule has 12 heteroatoms. The molecule has 0 saturated carbocycles. The predicted molar refractivity (Wildman–Crippen MR) is 126 cm³/mol. The van der Waals surface area contributed by atoms with Crippen molar-refractivity contribution < 1.29 is 27.2 Å². The fraction of sp³-hybridized carbons (Fsp3) is 0.476. The number of benzene rings is 1. The van der Waals surface area contributed by atoms with Crippen LogP contribution >= 0.6 is 15.2 Å². The summed E-state index contributed by atoms with van der Waals surface area (Å²) in [6.45, 7) is 8.64. The summed E-state index contributed by atoms with van der Waals surface area (Å²) in [5, 5.41) is 0. The molecule has 33 heavy (non-hydrogen) atoms. The van der Waals surface area contributed by atoms with Gasteiger partial charge in [-0.1, -0.05) is 24.3 Å². The van der Waals surface area contributed by atoms with Crippen LogP contribution in [0.15, 0.2) is 36.9 Å². The lowest BCUT2D eigenvalue weighted by Crippen LogP contribution is -2.16. The van der Waals surface area contributed by atoms with Crippen molar-refractivity contribution in [2.75, 3.05) is 26.4 Å². The van der Waals surface area contributed by atoms with E-state index < -0.39 is 15.2 Å². The molecule has 180 valence electrons. The number of aromatic nitrogens is 4. The van der Waals surface area contributed by atoms with Crippen LogP contribution < -0.4 is 5.44 Å². The van der Waals surface area contributed by atoms with E-state index in [1.165, 1.54) is 6.33 Å².